The number of pyridine rings is 1. The van der Waals surface area contributed by atoms with Gasteiger partial charge in [0.05, 0.1) is 18.8 Å². The summed E-state index contributed by atoms with van der Waals surface area (Å²) in [7, 11) is 0. The summed E-state index contributed by atoms with van der Waals surface area (Å²) >= 11 is 0. The van der Waals surface area contributed by atoms with Crippen molar-refractivity contribution in [2.75, 3.05) is 26.2 Å². The number of piperidine rings is 1. The Kier molecular flexibility index (Phi) is 6.25. The van der Waals surface area contributed by atoms with Gasteiger partial charge in [-0.25, -0.2) is 4.98 Å². The quantitative estimate of drug-likeness (QED) is 0.509. The molecule has 178 valence electrons. The second-order valence-electron chi connectivity index (χ2n) is 8.89. The number of nitrogens with zero attached hydrogens (tertiary/aromatic N) is 5. The predicted molar refractivity (Wildman–Crippen MR) is 129 cm³/mol. The number of benzene rings is 1. The van der Waals surface area contributed by atoms with Crippen LogP contribution in [0.1, 0.15) is 31.4 Å². The summed E-state index contributed by atoms with van der Waals surface area (Å²) in [5.74, 6) is 0.511. The summed E-state index contributed by atoms with van der Waals surface area (Å²) in [6.45, 7) is 6.06. The highest BCUT2D eigenvalue weighted by Gasteiger charge is 2.29. The van der Waals surface area contributed by atoms with E-state index in [2.05, 4.69) is 20.4 Å². The molecule has 1 fully saturated rings. The zero-order valence-electron chi connectivity index (χ0n) is 19.1. The highest BCUT2D eigenvalue weighted by molar-refractivity contribution is 5.71. The molecule has 2 aliphatic rings. The first-order chi connectivity index (χ1) is 16.6. The molecule has 5 rings (SSSR count). The molecule has 1 N–H and O–H groups in total. The van der Waals surface area contributed by atoms with Crippen molar-refractivity contribution >= 4 is 16.9 Å². The molecule has 1 unspecified atom stereocenters. The molecule has 1 saturated heterocycles. The molecule has 1 aromatic carbocycles. The van der Waals surface area contributed by atoms with Crippen LogP contribution in [0.4, 0.5) is 5.69 Å². The van der Waals surface area contributed by atoms with E-state index in [4.69, 9.17) is 4.74 Å². The van der Waals surface area contributed by atoms with Gasteiger partial charge in [-0.1, -0.05) is 6.07 Å². The van der Waals surface area contributed by atoms with Crippen LogP contribution < -0.4 is 21.2 Å². The lowest BCUT2D eigenvalue weighted by Crippen LogP contribution is -2.44. The fraction of sp³-hybridized carbons (Fsp3) is 0.458. The summed E-state index contributed by atoms with van der Waals surface area (Å²) in [4.78, 5) is 42.6. The van der Waals surface area contributed by atoms with Crippen molar-refractivity contribution in [3.8, 4) is 5.75 Å². The van der Waals surface area contributed by atoms with Gasteiger partial charge in [0.1, 0.15) is 22.6 Å². The van der Waals surface area contributed by atoms with Gasteiger partial charge in [0, 0.05) is 31.7 Å². The molecule has 4 heterocycles. The fourth-order valence-corrected chi connectivity index (χ4v) is 5.07. The van der Waals surface area contributed by atoms with Crippen LogP contribution >= 0.6 is 0 Å². The average molecular weight is 465 g/mol. The Balaban J connectivity index is 1.18. The normalized spacial score (nSPS) is 18.4. The molecule has 2 aromatic heterocycles. The van der Waals surface area contributed by atoms with Gasteiger partial charge < -0.3 is 15.0 Å². The highest BCUT2D eigenvalue weighted by Crippen LogP contribution is 2.29. The number of rotatable bonds is 8. The molecule has 0 bridgehead atoms. The van der Waals surface area contributed by atoms with Crippen LogP contribution in [0.2, 0.25) is 0 Å². The van der Waals surface area contributed by atoms with Gasteiger partial charge >= 0.3 is 0 Å². The molecule has 1 atom stereocenters. The van der Waals surface area contributed by atoms with E-state index in [9.17, 15) is 14.5 Å². The Morgan fingerprint density at radius 1 is 1.15 bits per heavy atom. The minimum atomic E-state index is -0.162. The minimum Gasteiger partial charge on any atom is -0.491 e. The molecular weight excluding hydrogens is 436 g/mol. The molecule has 10 nitrogen and oxygen atoms in total. The van der Waals surface area contributed by atoms with E-state index >= 15 is 0 Å². The Hall–Kier alpha value is -3.37. The molecule has 0 amide bonds. The van der Waals surface area contributed by atoms with E-state index < -0.39 is 0 Å². The van der Waals surface area contributed by atoms with Gasteiger partial charge in [0.15, 0.2) is 0 Å². The lowest BCUT2D eigenvalue weighted by atomic mass is 10.0. The average Bonchev–Trinajstić information content (AvgIpc) is 3.24. The third-order valence-corrected chi connectivity index (χ3v) is 6.75. The SMILES string of the molecule is CCOc1ccc(CNC2CCN(CC3Cn4c(=O)ccc5ncc(=O)n3c54)CC2)cc1N=O. The van der Waals surface area contributed by atoms with E-state index in [1.54, 1.807) is 27.3 Å². The Bertz CT molecular complexity index is 1320. The largest absolute Gasteiger partial charge is 0.491 e. The van der Waals surface area contributed by atoms with E-state index in [0.717, 1.165) is 38.0 Å². The molecule has 10 heteroatoms. The number of aromatic nitrogens is 3. The van der Waals surface area contributed by atoms with Crippen molar-refractivity contribution in [3.63, 3.8) is 0 Å². The van der Waals surface area contributed by atoms with Crippen LogP contribution in [-0.2, 0) is 13.1 Å². The summed E-state index contributed by atoms with van der Waals surface area (Å²) in [5.41, 5.74) is 2.36. The lowest BCUT2D eigenvalue weighted by Gasteiger charge is -2.34. The number of hydrogen-bond acceptors (Lipinski definition) is 8. The number of ether oxygens (including phenoxy) is 1. The molecule has 0 spiro atoms. The van der Waals surface area contributed by atoms with E-state index in [1.165, 1.54) is 12.3 Å². The van der Waals surface area contributed by atoms with Crippen molar-refractivity contribution in [1.29, 1.82) is 0 Å². The molecule has 0 saturated carbocycles. The van der Waals surface area contributed by atoms with Crippen molar-refractivity contribution in [3.05, 3.63) is 67.7 Å². The summed E-state index contributed by atoms with van der Waals surface area (Å²) < 4.78 is 8.84. The third-order valence-electron chi connectivity index (χ3n) is 6.75. The Labute approximate surface area is 196 Å². The van der Waals surface area contributed by atoms with Crippen LogP contribution in [0, 0.1) is 4.91 Å². The van der Waals surface area contributed by atoms with Crippen LogP contribution in [0.3, 0.4) is 0 Å². The van der Waals surface area contributed by atoms with Gasteiger partial charge in [-0.05, 0) is 61.8 Å². The van der Waals surface area contributed by atoms with Crippen molar-refractivity contribution < 1.29 is 4.74 Å². The van der Waals surface area contributed by atoms with Crippen molar-refractivity contribution in [1.82, 2.24) is 24.3 Å². The van der Waals surface area contributed by atoms with Crippen molar-refractivity contribution in [2.24, 2.45) is 5.18 Å². The first kappa shape index (κ1) is 22.4. The van der Waals surface area contributed by atoms with Crippen LogP contribution in [-0.4, -0.2) is 51.3 Å². The van der Waals surface area contributed by atoms with E-state index in [1.807, 2.05) is 13.0 Å². The van der Waals surface area contributed by atoms with Gasteiger partial charge in [-0.15, -0.1) is 4.91 Å². The zero-order valence-corrected chi connectivity index (χ0v) is 19.1. The minimum absolute atomic E-state index is 0.0734. The Morgan fingerprint density at radius 3 is 2.74 bits per heavy atom. The van der Waals surface area contributed by atoms with Gasteiger partial charge in [0.2, 0.25) is 0 Å². The predicted octanol–water partition coefficient (Wildman–Crippen LogP) is 2.16. The second kappa shape index (κ2) is 9.47. The fourth-order valence-electron chi connectivity index (χ4n) is 5.07. The number of nitroso groups, excluding NO2 is 1. The maximum atomic E-state index is 12.6. The summed E-state index contributed by atoms with van der Waals surface area (Å²) in [6.07, 6.45) is 3.31. The molecular formula is C24H28N6O4. The molecule has 0 aliphatic carbocycles. The lowest BCUT2D eigenvalue weighted by molar-refractivity contribution is 0.171. The van der Waals surface area contributed by atoms with Crippen LogP contribution in [0.25, 0.3) is 11.2 Å². The van der Waals surface area contributed by atoms with E-state index in [-0.39, 0.29) is 17.2 Å². The molecule has 0 radical (unpaired) electrons. The molecule has 3 aromatic rings. The van der Waals surface area contributed by atoms with Crippen LogP contribution in [0.5, 0.6) is 5.75 Å². The Morgan fingerprint density at radius 2 is 1.97 bits per heavy atom. The monoisotopic (exact) mass is 464 g/mol. The number of hydrogen-bond donors (Lipinski definition) is 1. The third kappa shape index (κ3) is 4.26. The van der Waals surface area contributed by atoms with Gasteiger partial charge in [0.25, 0.3) is 11.1 Å². The summed E-state index contributed by atoms with van der Waals surface area (Å²) in [5, 5.41) is 6.67. The summed E-state index contributed by atoms with van der Waals surface area (Å²) in [6, 6.07) is 9.01. The van der Waals surface area contributed by atoms with Gasteiger partial charge in [-0.3, -0.25) is 18.7 Å². The van der Waals surface area contributed by atoms with Crippen molar-refractivity contribution in [2.45, 2.75) is 44.9 Å². The smallest absolute Gasteiger partial charge is 0.270 e. The first-order valence-electron chi connectivity index (χ1n) is 11.7. The molecule has 34 heavy (non-hydrogen) atoms. The van der Waals surface area contributed by atoms with Gasteiger partial charge in [-0.2, -0.15) is 0 Å². The zero-order chi connectivity index (χ0) is 23.7. The maximum Gasteiger partial charge on any atom is 0.270 e. The standard InChI is InChI=1S/C24H28N6O4/c1-2-34-21-5-3-16(11-20(21)27-33)12-25-17-7-9-28(10-8-17)14-18-15-29-22(31)6-4-19-24(29)30(18)23(32)13-26-19/h3-6,11,13,17-18,25H,2,7-10,12,14-15H2,1H3. The first-order valence-corrected chi connectivity index (χ1v) is 11.7. The number of likely N-dealkylation sites (tertiary alicyclic amines) is 1. The van der Waals surface area contributed by atoms with E-state index in [0.29, 0.717) is 48.3 Å². The number of nitrogens with one attached hydrogen (secondary N) is 1. The highest BCUT2D eigenvalue weighted by atomic mass is 16.5. The maximum absolute atomic E-state index is 12.6. The topological polar surface area (TPSA) is 111 Å². The second-order valence-corrected chi connectivity index (χ2v) is 8.89. The van der Waals surface area contributed by atoms with Crippen LogP contribution in [0.15, 0.2) is 51.3 Å². The molecule has 2 aliphatic heterocycles.